The van der Waals surface area contributed by atoms with Crippen molar-refractivity contribution >= 4 is 22.5 Å². The normalized spacial score (nSPS) is 28.0. The first kappa shape index (κ1) is 19.7. The highest BCUT2D eigenvalue weighted by molar-refractivity contribution is 6.32. The molecule has 31 heavy (non-hydrogen) atoms. The van der Waals surface area contributed by atoms with Gasteiger partial charge in [-0.05, 0) is 69.3 Å². The third-order valence-electron chi connectivity index (χ3n) is 7.48. The lowest BCUT2D eigenvalue weighted by Gasteiger charge is -2.43. The number of halogens is 1. The second-order valence-electron chi connectivity index (χ2n) is 9.55. The third-order valence-corrected chi connectivity index (χ3v) is 7.81. The topological polar surface area (TPSA) is 68.3 Å². The summed E-state index contributed by atoms with van der Waals surface area (Å²) in [7, 11) is 0. The number of ether oxygens (including phenoxy) is 1. The van der Waals surface area contributed by atoms with Crippen LogP contribution >= 0.6 is 11.6 Å². The number of benzene rings is 1. The Balaban J connectivity index is 1.26. The lowest BCUT2D eigenvalue weighted by atomic mass is 9.85. The number of likely N-dealkylation sites (tertiary alicyclic amines) is 1. The average molecular weight is 442 g/mol. The van der Waals surface area contributed by atoms with Crippen LogP contribution in [0, 0.1) is 0 Å². The van der Waals surface area contributed by atoms with E-state index in [2.05, 4.69) is 39.0 Å². The zero-order valence-electron chi connectivity index (χ0n) is 17.7. The average Bonchev–Trinajstić information content (AvgIpc) is 3.20. The van der Waals surface area contributed by atoms with Gasteiger partial charge in [-0.25, -0.2) is 4.68 Å². The summed E-state index contributed by atoms with van der Waals surface area (Å²) in [6.07, 6.45) is 9.89. The number of nitrogens with zero attached hydrogens (tertiary/aromatic N) is 5. The molecule has 6 rings (SSSR count). The molecule has 2 aliphatic heterocycles. The molecule has 0 bridgehead atoms. The summed E-state index contributed by atoms with van der Waals surface area (Å²) in [4.78, 5) is 2.39. The molecule has 3 fully saturated rings. The van der Waals surface area contributed by atoms with Crippen molar-refractivity contribution in [3.8, 4) is 5.69 Å². The molecule has 164 valence electrons. The fraction of sp³-hybridized carbons (Fsp3) is 0.565. The zero-order valence-corrected chi connectivity index (χ0v) is 18.5. The molecule has 2 saturated heterocycles. The molecular formula is C23H28ClN5O2. The van der Waals surface area contributed by atoms with Gasteiger partial charge in [0.15, 0.2) is 0 Å². The molecule has 1 aliphatic carbocycles. The summed E-state index contributed by atoms with van der Waals surface area (Å²) in [5, 5.41) is 21.4. The minimum absolute atomic E-state index is 0.279. The molecular weight excluding hydrogens is 414 g/mol. The highest BCUT2D eigenvalue weighted by atomic mass is 35.5. The van der Waals surface area contributed by atoms with E-state index in [0.29, 0.717) is 25.2 Å². The van der Waals surface area contributed by atoms with Crippen LogP contribution < -0.4 is 0 Å². The van der Waals surface area contributed by atoms with Crippen LogP contribution in [0.1, 0.15) is 50.1 Å². The summed E-state index contributed by atoms with van der Waals surface area (Å²) in [6.45, 7) is 5.01. The smallest absolute Gasteiger partial charge is 0.103 e. The first-order valence-electron chi connectivity index (χ1n) is 11.3. The quantitative estimate of drug-likeness (QED) is 0.670. The molecule has 1 saturated carbocycles. The summed E-state index contributed by atoms with van der Waals surface area (Å²) < 4.78 is 9.57. The SMILES string of the molecule is C[C@@]1(N2CCC(c3cc4c(cnn4-c4cnn(C5CC5)c4)cc3Cl)CC2)COC[C@@H]1O. The number of hydrogen-bond acceptors (Lipinski definition) is 5. The van der Waals surface area contributed by atoms with Crippen LogP contribution in [0.4, 0.5) is 0 Å². The molecule has 1 aromatic carbocycles. The van der Waals surface area contributed by atoms with E-state index >= 15 is 0 Å². The number of fused-ring (bicyclic) bond motifs is 1. The number of aromatic nitrogens is 4. The molecule has 8 heteroatoms. The fourth-order valence-corrected chi connectivity index (χ4v) is 5.54. The van der Waals surface area contributed by atoms with Crippen LogP contribution in [0.15, 0.2) is 30.7 Å². The lowest BCUT2D eigenvalue weighted by molar-refractivity contribution is -0.00211. The molecule has 3 aliphatic rings. The number of piperidine rings is 1. The number of rotatable bonds is 4. The molecule has 2 atom stereocenters. The monoisotopic (exact) mass is 441 g/mol. The Labute approximate surface area is 186 Å². The lowest BCUT2D eigenvalue weighted by Crippen LogP contribution is -2.56. The first-order chi connectivity index (χ1) is 15.0. The van der Waals surface area contributed by atoms with Crippen LogP contribution in [0.2, 0.25) is 5.02 Å². The standard InChI is InChI=1S/C23H28ClN5O2/c1-23(14-31-13-22(23)30)27-6-4-15(5-7-27)19-9-21-16(8-20(19)24)10-26-29(21)18-11-25-28(12-18)17-2-3-17/h8-12,15,17,22,30H,2-7,13-14H2,1H3/t22-,23+/m0/s1. The number of hydrogen-bond donors (Lipinski definition) is 1. The van der Waals surface area contributed by atoms with Crippen molar-refractivity contribution in [1.29, 1.82) is 0 Å². The molecule has 1 N–H and O–H groups in total. The minimum atomic E-state index is -0.421. The molecule has 2 aromatic heterocycles. The van der Waals surface area contributed by atoms with E-state index in [9.17, 15) is 5.11 Å². The van der Waals surface area contributed by atoms with E-state index in [0.717, 1.165) is 47.5 Å². The number of aliphatic hydroxyl groups excluding tert-OH is 1. The maximum absolute atomic E-state index is 10.4. The van der Waals surface area contributed by atoms with Crippen molar-refractivity contribution in [3.05, 3.63) is 41.3 Å². The largest absolute Gasteiger partial charge is 0.389 e. The van der Waals surface area contributed by atoms with Crippen molar-refractivity contribution in [2.24, 2.45) is 0 Å². The predicted molar refractivity (Wildman–Crippen MR) is 119 cm³/mol. The Morgan fingerprint density at radius 3 is 2.65 bits per heavy atom. The maximum Gasteiger partial charge on any atom is 0.103 e. The second-order valence-corrected chi connectivity index (χ2v) is 9.96. The Kier molecular flexibility index (Phi) is 4.65. The van der Waals surface area contributed by atoms with Gasteiger partial charge in [0, 0.05) is 10.4 Å². The molecule has 0 spiro atoms. The van der Waals surface area contributed by atoms with Gasteiger partial charge in [0.05, 0.1) is 55.0 Å². The summed E-state index contributed by atoms with van der Waals surface area (Å²) in [5.74, 6) is 0.397. The van der Waals surface area contributed by atoms with Gasteiger partial charge in [0.1, 0.15) is 5.69 Å². The summed E-state index contributed by atoms with van der Waals surface area (Å²) >= 11 is 6.73. The molecule has 7 nitrogen and oxygen atoms in total. The van der Waals surface area contributed by atoms with Gasteiger partial charge >= 0.3 is 0 Å². The Morgan fingerprint density at radius 1 is 1.13 bits per heavy atom. The van der Waals surface area contributed by atoms with Gasteiger partial charge in [-0.15, -0.1) is 0 Å². The predicted octanol–water partition coefficient (Wildman–Crippen LogP) is 3.54. The Bertz CT molecular complexity index is 1110. The first-order valence-corrected chi connectivity index (χ1v) is 11.6. The van der Waals surface area contributed by atoms with E-state index in [-0.39, 0.29) is 5.54 Å². The van der Waals surface area contributed by atoms with Crippen LogP contribution in [0.5, 0.6) is 0 Å². The molecule has 0 amide bonds. The highest BCUT2D eigenvalue weighted by Crippen LogP contribution is 2.39. The Hall–Kier alpha value is -1.93. The Morgan fingerprint density at radius 2 is 1.94 bits per heavy atom. The summed E-state index contributed by atoms with van der Waals surface area (Å²) in [6, 6.07) is 4.81. The highest BCUT2D eigenvalue weighted by Gasteiger charge is 2.45. The molecule has 4 heterocycles. The van der Waals surface area contributed by atoms with Crippen LogP contribution in [-0.2, 0) is 4.74 Å². The van der Waals surface area contributed by atoms with E-state index in [4.69, 9.17) is 16.3 Å². The van der Waals surface area contributed by atoms with Crippen LogP contribution in [-0.4, -0.2) is 67.5 Å². The maximum atomic E-state index is 10.4. The molecule has 0 radical (unpaired) electrons. The minimum Gasteiger partial charge on any atom is -0.389 e. The van der Waals surface area contributed by atoms with E-state index in [1.165, 1.54) is 18.4 Å². The second kappa shape index (κ2) is 7.30. The van der Waals surface area contributed by atoms with Crippen molar-refractivity contribution in [1.82, 2.24) is 24.5 Å². The van der Waals surface area contributed by atoms with Gasteiger partial charge < -0.3 is 9.84 Å². The molecule has 3 aromatic rings. The van der Waals surface area contributed by atoms with Crippen LogP contribution in [0.3, 0.4) is 0 Å². The van der Waals surface area contributed by atoms with E-state index in [1.54, 1.807) is 0 Å². The van der Waals surface area contributed by atoms with E-state index < -0.39 is 6.10 Å². The zero-order chi connectivity index (χ0) is 21.2. The van der Waals surface area contributed by atoms with Crippen molar-refractivity contribution in [3.63, 3.8) is 0 Å². The van der Waals surface area contributed by atoms with Gasteiger partial charge in [-0.1, -0.05) is 11.6 Å². The van der Waals surface area contributed by atoms with Crippen molar-refractivity contribution in [2.75, 3.05) is 26.3 Å². The van der Waals surface area contributed by atoms with Crippen molar-refractivity contribution < 1.29 is 9.84 Å². The van der Waals surface area contributed by atoms with Crippen molar-refractivity contribution in [2.45, 2.75) is 56.2 Å². The third kappa shape index (κ3) is 3.30. The summed E-state index contributed by atoms with van der Waals surface area (Å²) in [5.41, 5.74) is 2.98. The van der Waals surface area contributed by atoms with Gasteiger partial charge in [-0.3, -0.25) is 9.58 Å². The fourth-order valence-electron chi connectivity index (χ4n) is 5.21. The number of aliphatic hydroxyl groups is 1. The van der Waals surface area contributed by atoms with Gasteiger partial charge in [-0.2, -0.15) is 10.2 Å². The van der Waals surface area contributed by atoms with Gasteiger partial charge in [0.2, 0.25) is 0 Å². The van der Waals surface area contributed by atoms with Crippen LogP contribution in [0.25, 0.3) is 16.6 Å². The molecule has 0 unspecified atom stereocenters. The van der Waals surface area contributed by atoms with Gasteiger partial charge in [0.25, 0.3) is 0 Å². The van der Waals surface area contributed by atoms with E-state index in [1.807, 2.05) is 23.1 Å².